The molecule has 0 aliphatic carbocycles. The minimum Gasteiger partial charge on any atom is -0.482 e. The summed E-state index contributed by atoms with van der Waals surface area (Å²) in [7, 11) is 0. The van der Waals surface area contributed by atoms with E-state index in [-0.39, 0.29) is 30.8 Å². The van der Waals surface area contributed by atoms with Gasteiger partial charge in [0.25, 0.3) is 11.8 Å². The summed E-state index contributed by atoms with van der Waals surface area (Å²) >= 11 is 0. The Bertz CT molecular complexity index is 746. The van der Waals surface area contributed by atoms with E-state index in [0.717, 1.165) is 0 Å². The molecule has 1 aliphatic rings. The number of rotatable bonds is 3. The van der Waals surface area contributed by atoms with Gasteiger partial charge in [0.05, 0.1) is 5.69 Å². The fraction of sp³-hybridized carbons (Fsp3) is 0.125. The number of anilines is 1. The third-order valence-corrected chi connectivity index (χ3v) is 3.27. The normalized spacial score (nSPS) is 12.9. The first kappa shape index (κ1) is 14.1. The van der Waals surface area contributed by atoms with Gasteiger partial charge in [-0.2, -0.15) is 0 Å². The van der Waals surface area contributed by atoms with Crippen molar-refractivity contribution >= 4 is 17.5 Å². The van der Waals surface area contributed by atoms with Gasteiger partial charge in [-0.3, -0.25) is 9.59 Å². The van der Waals surface area contributed by atoms with E-state index in [2.05, 4.69) is 10.6 Å². The van der Waals surface area contributed by atoms with E-state index in [9.17, 15) is 14.0 Å². The van der Waals surface area contributed by atoms with Crippen molar-refractivity contribution in [1.82, 2.24) is 5.32 Å². The molecule has 112 valence electrons. The van der Waals surface area contributed by atoms with Crippen LogP contribution in [0.25, 0.3) is 0 Å². The molecule has 0 radical (unpaired) electrons. The van der Waals surface area contributed by atoms with E-state index in [4.69, 9.17) is 4.74 Å². The molecule has 6 heteroatoms. The molecule has 0 bridgehead atoms. The lowest BCUT2D eigenvalue weighted by Crippen LogP contribution is -2.27. The molecule has 2 aromatic rings. The summed E-state index contributed by atoms with van der Waals surface area (Å²) in [6.07, 6.45) is 0. The molecule has 0 unspecified atom stereocenters. The molecule has 2 N–H and O–H groups in total. The fourth-order valence-corrected chi connectivity index (χ4v) is 2.14. The second-order valence-corrected chi connectivity index (χ2v) is 4.82. The van der Waals surface area contributed by atoms with Crippen LogP contribution in [0.15, 0.2) is 42.5 Å². The second kappa shape index (κ2) is 5.85. The Morgan fingerprint density at radius 3 is 2.91 bits per heavy atom. The highest BCUT2D eigenvalue weighted by atomic mass is 19.1. The SMILES string of the molecule is O=C1COc2ccc(C(=O)NCc3ccccc3F)cc2N1. The zero-order valence-corrected chi connectivity index (χ0v) is 11.6. The number of carbonyl (C=O) groups excluding carboxylic acids is 2. The molecule has 0 aromatic heterocycles. The van der Waals surface area contributed by atoms with Crippen LogP contribution in [0.5, 0.6) is 5.75 Å². The third kappa shape index (κ3) is 2.90. The van der Waals surface area contributed by atoms with Crippen LogP contribution in [0.4, 0.5) is 10.1 Å². The average Bonchev–Trinajstić information content (AvgIpc) is 2.53. The number of nitrogens with one attached hydrogen (secondary N) is 2. The van der Waals surface area contributed by atoms with Gasteiger partial charge < -0.3 is 15.4 Å². The number of benzene rings is 2. The minimum absolute atomic E-state index is 0.0359. The summed E-state index contributed by atoms with van der Waals surface area (Å²) in [4.78, 5) is 23.4. The molecule has 0 spiro atoms. The topological polar surface area (TPSA) is 67.4 Å². The number of ether oxygens (including phenoxy) is 1. The number of halogens is 1. The molecule has 1 aliphatic heterocycles. The Morgan fingerprint density at radius 1 is 1.27 bits per heavy atom. The summed E-state index contributed by atoms with van der Waals surface area (Å²) < 4.78 is 18.7. The summed E-state index contributed by atoms with van der Waals surface area (Å²) in [6.45, 7) is 0.0529. The van der Waals surface area contributed by atoms with E-state index in [0.29, 0.717) is 22.6 Å². The van der Waals surface area contributed by atoms with Crippen molar-refractivity contribution in [3.8, 4) is 5.75 Å². The third-order valence-electron chi connectivity index (χ3n) is 3.27. The zero-order chi connectivity index (χ0) is 15.5. The maximum atomic E-state index is 13.5. The first-order chi connectivity index (χ1) is 10.6. The Labute approximate surface area is 126 Å². The smallest absolute Gasteiger partial charge is 0.262 e. The van der Waals surface area contributed by atoms with Crippen molar-refractivity contribution in [2.45, 2.75) is 6.54 Å². The lowest BCUT2D eigenvalue weighted by atomic mass is 10.1. The van der Waals surface area contributed by atoms with Crippen LogP contribution < -0.4 is 15.4 Å². The number of fused-ring (bicyclic) bond motifs is 1. The largest absolute Gasteiger partial charge is 0.482 e. The summed E-state index contributed by atoms with van der Waals surface area (Å²) in [5.41, 5.74) is 1.22. The van der Waals surface area contributed by atoms with Gasteiger partial charge in [0.2, 0.25) is 0 Å². The first-order valence-corrected chi connectivity index (χ1v) is 6.72. The van der Waals surface area contributed by atoms with E-state index < -0.39 is 0 Å². The number of carbonyl (C=O) groups is 2. The quantitative estimate of drug-likeness (QED) is 0.912. The maximum Gasteiger partial charge on any atom is 0.262 e. The van der Waals surface area contributed by atoms with Gasteiger partial charge in [0, 0.05) is 17.7 Å². The fourth-order valence-electron chi connectivity index (χ4n) is 2.14. The van der Waals surface area contributed by atoms with Gasteiger partial charge in [-0.05, 0) is 24.3 Å². The molecule has 0 saturated carbocycles. The summed E-state index contributed by atoms with van der Waals surface area (Å²) in [6, 6.07) is 11.0. The van der Waals surface area contributed by atoms with Crippen LogP contribution >= 0.6 is 0 Å². The first-order valence-electron chi connectivity index (χ1n) is 6.72. The predicted octanol–water partition coefficient (Wildman–Crippen LogP) is 2.09. The van der Waals surface area contributed by atoms with Gasteiger partial charge in [-0.25, -0.2) is 4.39 Å². The van der Waals surface area contributed by atoms with Gasteiger partial charge >= 0.3 is 0 Å². The Kier molecular flexibility index (Phi) is 3.74. The molecule has 0 fully saturated rings. The Hall–Kier alpha value is -2.89. The van der Waals surface area contributed by atoms with Gasteiger partial charge in [-0.1, -0.05) is 18.2 Å². The lowest BCUT2D eigenvalue weighted by Gasteiger charge is -2.18. The molecule has 1 heterocycles. The average molecular weight is 300 g/mol. The van der Waals surface area contributed by atoms with E-state index in [1.807, 2.05) is 0 Å². The Morgan fingerprint density at radius 2 is 2.09 bits per heavy atom. The zero-order valence-electron chi connectivity index (χ0n) is 11.6. The van der Waals surface area contributed by atoms with Crippen LogP contribution in [0.3, 0.4) is 0 Å². The van der Waals surface area contributed by atoms with Gasteiger partial charge in [0.15, 0.2) is 6.61 Å². The van der Waals surface area contributed by atoms with Crippen LogP contribution in [-0.2, 0) is 11.3 Å². The molecule has 0 saturated heterocycles. The van der Waals surface area contributed by atoms with E-state index >= 15 is 0 Å². The van der Waals surface area contributed by atoms with Crippen LogP contribution in [0.1, 0.15) is 15.9 Å². The maximum absolute atomic E-state index is 13.5. The van der Waals surface area contributed by atoms with Crippen molar-refractivity contribution in [3.05, 3.63) is 59.4 Å². The highest BCUT2D eigenvalue weighted by molar-refractivity contribution is 5.99. The highest BCUT2D eigenvalue weighted by Crippen LogP contribution is 2.28. The number of hydrogen-bond donors (Lipinski definition) is 2. The van der Waals surface area contributed by atoms with Crippen LogP contribution in [0, 0.1) is 5.82 Å². The lowest BCUT2D eigenvalue weighted by molar-refractivity contribution is -0.118. The molecular weight excluding hydrogens is 287 g/mol. The highest BCUT2D eigenvalue weighted by Gasteiger charge is 2.17. The number of amides is 2. The standard InChI is InChI=1S/C16H13FN2O3/c17-12-4-2-1-3-11(12)8-18-16(21)10-5-6-14-13(7-10)19-15(20)9-22-14/h1-7H,8-9H2,(H,18,21)(H,19,20). The van der Waals surface area contributed by atoms with Crippen molar-refractivity contribution in [1.29, 1.82) is 0 Å². The molecule has 22 heavy (non-hydrogen) atoms. The van der Waals surface area contributed by atoms with Crippen molar-refractivity contribution < 1.29 is 18.7 Å². The van der Waals surface area contributed by atoms with E-state index in [1.54, 1.807) is 30.3 Å². The summed E-state index contributed by atoms with van der Waals surface area (Å²) in [5, 5.41) is 5.28. The predicted molar refractivity (Wildman–Crippen MR) is 78.1 cm³/mol. The van der Waals surface area contributed by atoms with Gasteiger partial charge in [-0.15, -0.1) is 0 Å². The van der Waals surface area contributed by atoms with Gasteiger partial charge in [0.1, 0.15) is 11.6 Å². The minimum atomic E-state index is -0.367. The second-order valence-electron chi connectivity index (χ2n) is 4.82. The van der Waals surface area contributed by atoms with Crippen LogP contribution in [-0.4, -0.2) is 18.4 Å². The number of hydrogen-bond acceptors (Lipinski definition) is 3. The van der Waals surface area contributed by atoms with Crippen molar-refractivity contribution in [3.63, 3.8) is 0 Å². The molecule has 5 nitrogen and oxygen atoms in total. The van der Waals surface area contributed by atoms with Crippen molar-refractivity contribution in [2.75, 3.05) is 11.9 Å². The van der Waals surface area contributed by atoms with Crippen LogP contribution in [0.2, 0.25) is 0 Å². The summed E-state index contributed by atoms with van der Waals surface area (Å²) in [5.74, 6) is -0.471. The molecule has 2 amide bonds. The Balaban J connectivity index is 1.72. The molecular formula is C16H13FN2O3. The molecule has 3 rings (SSSR count). The van der Waals surface area contributed by atoms with E-state index in [1.165, 1.54) is 12.1 Å². The van der Waals surface area contributed by atoms with Crippen molar-refractivity contribution in [2.24, 2.45) is 0 Å². The molecule has 0 atom stereocenters. The molecule has 2 aromatic carbocycles. The monoisotopic (exact) mass is 300 g/mol.